The van der Waals surface area contributed by atoms with Crippen molar-refractivity contribution >= 4 is 29.0 Å². The number of allylic oxidation sites excluding steroid dienone is 1. The number of Topliss-reactive ketones (excluding diaryl/α,β-unsaturated/α-hetero) is 1. The first-order chi connectivity index (χ1) is 15.0. The first-order valence-corrected chi connectivity index (χ1v) is 12.3. The highest BCUT2D eigenvalue weighted by atomic mass is 35.5. The minimum atomic E-state index is -0.527. The molecule has 1 aromatic carbocycles. The number of benzene rings is 1. The second-order valence-electron chi connectivity index (χ2n) is 8.71. The van der Waals surface area contributed by atoms with Crippen molar-refractivity contribution in [1.29, 1.82) is 0 Å². The van der Waals surface area contributed by atoms with E-state index in [4.69, 9.17) is 11.6 Å². The summed E-state index contributed by atoms with van der Waals surface area (Å²) in [6.07, 6.45) is 15.1. The first kappa shape index (κ1) is 25.6. The third kappa shape index (κ3) is 9.57. The molecule has 2 rings (SSSR count). The standard InChI is InChI=1S/C26H38ClNO3/c1-2-3-4-5-6-9-12-22-23(25(30)19-24(22)29)13-10-7-8-11-14-26(31)28-21-17-15-20(27)16-18-21/h9,12,15-18,22-24,29H,2-8,10-11,13-14,19H2,1H3,(H,28,31)/b12-9+/t22-,23-,24-/m1/s1. The molecule has 2 N–H and O–H groups in total. The van der Waals surface area contributed by atoms with Crippen LogP contribution in [0.15, 0.2) is 36.4 Å². The molecule has 1 amide bonds. The van der Waals surface area contributed by atoms with Crippen molar-refractivity contribution in [2.45, 2.75) is 90.1 Å². The van der Waals surface area contributed by atoms with Gasteiger partial charge < -0.3 is 10.4 Å². The Labute approximate surface area is 192 Å². The normalized spacial score (nSPS) is 21.1. The van der Waals surface area contributed by atoms with Crippen LogP contribution in [0, 0.1) is 11.8 Å². The van der Waals surface area contributed by atoms with Crippen molar-refractivity contribution in [1.82, 2.24) is 0 Å². The summed E-state index contributed by atoms with van der Waals surface area (Å²) in [6, 6.07) is 7.10. The van der Waals surface area contributed by atoms with E-state index in [-0.39, 0.29) is 23.5 Å². The molecule has 172 valence electrons. The van der Waals surface area contributed by atoms with E-state index in [0.29, 0.717) is 17.9 Å². The molecule has 0 aliphatic heterocycles. The van der Waals surface area contributed by atoms with Crippen LogP contribution in [0.5, 0.6) is 0 Å². The molecule has 1 saturated carbocycles. The quantitative estimate of drug-likeness (QED) is 0.246. The van der Waals surface area contributed by atoms with Crippen LogP contribution in [-0.2, 0) is 9.59 Å². The fourth-order valence-electron chi connectivity index (χ4n) is 4.29. The Kier molecular flexibility index (Phi) is 11.9. The average Bonchev–Trinajstić information content (AvgIpc) is 3.01. The number of ketones is 1. The van der Waals surface area contributed by atoms with Gasteiger partial charge in [0.15, 0.2) is 0 Å². The highest BCUT2D eigenvalue weighted by Crippen LogP contribution is 2.34. The highest BCUT2D eigenvalue weighted by molar-refractivity contribution is 6.30. The van der Waals surface area contributed by atoms with Gasteiger partial charge in [0.25, 0.3) is 0 Å². The lowest BCUT2D eigenvalue weighted by atomic mass is 9.88. The van der Waals surface area contributed by atoms with Gasteiger partial charge in [-0.25, -0.2) is 0 Å². The van der Waals surface area contributed by atoms with E-state index in [1.807, 2.05) is 0 Å². The maximum absolute atomic E-state index is 12.3. The first-order valence-electron chi connectivity index (χ1n) is 11.9. The van der Waals surface area contributed by atoms with Gasteiger partial charge in [-0.2, -0.15) is 0 Å². The van der Waals surface area contributed by atoms with E-state index >= 15 is 0 Å². The molecule has 1 aliphatic rings. The molecule has 0 spiro atoms. The number of hydrogen-bond donors (Lipinski definition) is 2. The van der Waals surface area contributed by atoms with Crippen molar-refractivity contribution in [3.63, 3.8) is 0 Å². The molecule has 1 aromatic rings. The summed E-state index contributed by atoms with van der Waals surface area (Å²) in [7, 11) is 0. The third-order valence-corrected chi connectivity index (χ3v) is 6.36. The summed E-state index contributed by atoms with van der Waals surface area (Å²) in [6.45, 7) is 2.21. The van der Waals surface area contributed by atoms with Gasteiger partial charge in [-0.05, 0) is 49.9 Å². The van der Waals surface area contributed by atoms with E-state index < -0.39 is 6.10 Å². The predicted octanol–water partition coefficient (Wildman–Crippen LogP) is 6.71. The monoisotopic (exact) mass is 447 g/mol. The molecule has 0 heterocycles. The maximum Gasteiger partial charge on any atom is 0.224 e. The summed E-state index contributed by atoms with van der Waals surface area (Å²) in [5, 5.41) is 13.8. The Morgan fingerprint density at radius 1 is 1.10 bits per heavy atom. The fourth-order valence-corrected chi connectivity index (χ4v) is 4.42. The number of aliphatic hydroxyl groups excluding tert-OH is 1. The van der Waals surface area contributed by atoms with E-state index in [2.05, 4.69) is 24.4 Å². The van der Waals surface area contributed by atoms with Crippen molar-refractivity contribution in [3.05, 3.63) is 41.4 Å². The number of nitrogens with one attached hydrogen (secondary N) is 1. The molecule has 0 radical (unpaired) electrons. The van der Waals surface area contributed by atoms with Crippen molar-refractivity contribution in [2.24, 2.45) is 11.8 Å². The van der Waals surface area contributed by atoms with Crippen LogP contribution in [0.3, 0.4) is 0 Å². The predicted molar refractivity (Wildman–Crippen MR) is 128 cm³/mol. The lowest BCUT2D eigenvalue weighted by Gasteiger charge is -2.17. The van der Waals surface area contributed by atoms with E-state index in [9.17, 15) is 14.7 Å². The van der Waals surface area contributed by atoms with Crippen LogP contribution in [0.25, 0.3) is 0 Å². The van der Waals surface area contributed by atoms with Gasteiger partial charge in [-0.3, -0.25) is 9.59 Å². The van der Waals surface area contributed by atoms with Crippen LogP contribution in [-0.4, -0.2) is 22.9 Å². The van der Waals surface area contributed by atoms with Crippen molar-refractivity contribution < 1.29 is 14.7 Å². The van der Waals surface area contributed by atoms with Crippen molar-refractivity contribution in [3.8, 4) is 0 Å². The summed E-state index contributed by atoms with van der Waals surface area (Å²) < 4.78 is 0. The lowest BCUT2D eigenvalue weighted by Crippen LogP contribution is -2.18. The second-order valence-corrected chi connectivity index (χ2v) is 9.14. The van der Waals surface area contributed by atoms with E-state index in [1.165, 1.54) is 25.7 Å². The minimum Gasteiger partial charge on any atom is -0.392 e. The summed E-state index contributed by atoms with van der Waals surface area (Å²) in [5.74, 6) is 0.148. The average molecular weight is 448 g/mol. The maximum atomic E-state index is 12.3. The number of hydrogen-bond acceptors (Lipinski definition) is 3. The lowest BCUT2D eigenvalue weighted by molar-refractivity contribution is -0.121. The Hall–Kier alpha value is -1.65. The number of amides is 1. The van der Waals surface area contributed by atoms with Gasteiger partial charge in [-0.1, -0.05) is 69.2 Å². The Morgan fingerprint density at radius 2 is 1.81 bits per heavy atom. The van der Waals surface area contributed by atoms with Crippen LogP contribution in [0.1, 0.15) is 84.0 Å². The van der Waals surface area contributed by atoms with Crippen LogP contribution in [0.4, 0.5) is 5.69 Å². The van der Waals surface area contributed by atoms with Crippen LogP contribution >= 0.6 is 11.6 Å². The second kappa shape index (κ2) is 14.4. The summed E-state index contributed by atoms with van der Waals surface area (Å²) in [4.78, 5) is 24.3. The van der Waals surface area contributed by atoms with E-state index in [1.54, 1.807) is 24.3 Å². The van der Waals surface area contributed by atoms with Gasteiger partial charge in [0, 0.05) is 35.4 Å². The fraction of sp³-hybridized carbons (Fsp3) is 0.615. The Balaban J connectivity index is 1.62. The molecule has 5 heteroatoms. The summed E-state index contributed by atoms with van der Waals surface area (Å²) >= 11 is 5.85. The largest absolute Gasteiger partial charge is 0.392 e. The topological polar surface area (TPSA) is 66.4 Å². The molecule has 31 heavy (non-hydrogen) atoms. The number of anilines is 1. The number of carbonyl (C=O) groups is 2. The SMILES string of the molecule is CCCCCC/C=C/[C@H]1[C@H](O)CC(=O)[C@@H]1CCCCCCC(=O)Nc1ccc(Cl)cc1. The van der Waals surface area contributed by atoms with Gasteiger partial charge in [0.05, 0.1) is 6.10 Å². The van der Waals surface area contributed by atoms with Gasteiger partial charge >= 0.3 is 0 Å². The van der Waals surface area contributed by atoms with E-state index in [0.717, 1.165) is 44.2 Å². The van der Waals surface area contributed by atoms with Gasteiger partial charge in [0.2, 0.25) is 5.91 Å². The molecule has 0 bridgehead atoms. The Bertz CT molecular complexity index is 701. The molecular formula is C26H38ClNO3. The number of rotatable bonds is 14. The van der Waals surface area contributed by atoms with Gasteiger partial charge in [0.1, 0.15) is 5.78 Å². The molecule has 4 nitrogen and oxygen atoms in total. The molecule has 0 unspecified atom stereocenters. The Morgan fingerprint density at radius 3 is 2.55 bits per heavy atom. The smallest absolute Gasteiger partial charge is 0.224 e. The molecule has 1 fully saturated rings. The summed E-state index contributed by atoms with van der Waals surface area (Å²) in [5.41, 5.74) is 0.761. The minimum absolute atomic E-state index is 0.0144. The number of unbranched alkanes of at least 4 members (excludes halogenated alkanes) is 7. The highest BCUT2D eigenvalue weighted by Gasteiger charge is 2.39. The van der Waals surface area contributed by atoms with Gasteiger partial charge in [-0.15, -0.1) is 0 Å². The zero-order valence-electron chi connectivity index (χ0n) is 18.8. The molecule has 1 aliphatic carbocycles. The third-order valence-electron chi connectivity index (χ3n) is 6.11. The molecule has 0 aromatic heterocycles. The molecule has 0 saturated heterocycles. The van der Waals surface area contributed by atoms with Crippen LogP contribution in [0.2, 0.25) is 5.02 Å². The number of carbonyl (C=O) groups excluding carboxylic acids is 2. The number of halogens is 1. The van der Waals surface area contributed by atoms with Crippen LogP contribution < -0.4 is 5.32 Å². The van der Waals surface area contributed by atoms with Crippen molar-refractivity contribution in [2.75, 3.05) is 5.32 Å². The zero-order chi connectivity index (χ0) is 22.5. The molecule has 3 atom stereocenters. The number of aliphatic hydroxyl groups is 1. The zero-order valence-corrected chi connectivity index (χ0v) is 19.6. The molecular weight excluding hydrogens is 410 g/mol.